The van der Waals surface area contributed by atoms with Crippen molar-refractivity contribution in [1.82, 2.24) is 20.1 Å². The largest absolute Gasteiger partial charge is 0.338 e. The Morgan fingerprint density at radius 1 is 1.47 bits per heavy atom. The second kappa shape index (κ2) is 5.31. The van der Waals surface area contributed by atoms with Crippen molar-refractivity contribution in [1.29, 1.82) is 0 Å². The maximum atomic E-state index is 12.6. The van der Waals surface area contributed by atoms with Gasteiger partial charge in [0.2, 0.25) is 5.91 Å². The van der Waals surface area contributed by atoms with Gasteiger partial charge >= 0.3 is 0 Å². The van der Waals surface area contributed by atoms with E-state index < -0.39 is 0 Å². The van der Waals surface area contributed by atoms with Gasteiger partial charge in [0.15, 0.2) is 5.82 Å². The number of nitrogens with one attached hydrogen (secondary N) is 1. The number of hydrogen-bond acceptors (Lipinski definition) is 3. The molecule has 1 amide bonds. The number of nitrogens with zero attached hydrogens (tertiary/aromatic N) is 3. The van der Waals surface area contributed by atoms with Gasteiger partial charge in [0.25, 0.3) is 0 Å². The van der Waals surface area contributed by atoms with E-state index in [1.165, 1.54) is 6.42 Å². The highest BCUT2D eigenvalue weighted by atomic mass is 16.2. The van der Waals surface area contributed by atoms with Gasteiger partial charge in [0.1, 0.15) is 5.82 Å². The quantitative estimate of drug-likeness (QED) is 0.911. The summed E-state index contributed by atoms with van der Waals surface area (Å²) in [6, 6.07) is 0. The summed E-state index contributed by atoms with van der Waals surface area (Å²) >= 11 is 0. The van der Waals surface area contributed by atoms with E-state index in [1.54, 1.807) is 4.90 Å². The molecule has 1 aliphatic carbocycles. The zero-order valence-corrected chi connectivity index (χ0v) is 12.4. The lowest BCUT2D eigenvalue weighted by Gasteiger charge is -2.39. The lowest BCUT2D eigenvalue weighted by Crippen LogP contribution is -2.41. The third-order valence-electron chi connectivity index (χ3n) is 4.20. The maximum absolute atomic E-state index is 12.6. The van der Waals surface area contributed by atoms with E-state index in [0.29, 0.717) is 12.4 Å². The van der Waals surface area contributed by atoms with Gasteiger partial charge in [-0.2, -0.15) is 5.10 Å². The standard InChI is InChI=1S/C14H24N4O/c1-10-15-12(17-16-10)9-18(4)13(19)11-7-5-6-8-14(11,2)3/h11H,5-9H2,1-4H3,(H,15,16,17). The maximum Gasteiger partial charge on any atom is 0.226 e. The predicted octanol–water partition coefficient (Wildman–Crippen LogP) is 2.29. The van der Waals surface area contributed by atoms with E-state index in [1.807, 2.05) is 14.0 Å². The van der Waals surface area contributed by atoms with Crippen LogP contribution >= 0.6 is 0 Å². The fourth-order valence-corrected chi connectivity index (χ4v) is 2.97. The van der Waals surface area contributed by atoms with Crippen molar-refractivity contribution in [2.45, 2.75) is 53.0 Å². The van der Waals surface area contributed by atoms with Crippen LogP contribution in [0.15, 0.2) is 0 Å². The normalized spacial score (nSPS) is 22.2. The van der Waals surface area contributed by atoms with Crippen molar-refractivity contribution in [2.24, 2.45) is 11.3 Å². The molecule has 1 heterocycles. The van der Waals surface area contributed by atoms with Crippen LogP contribution in [0, 0.1) is 18.3 Å². The summed E-state index contributed by atoms with van der Waals surface area (Å²) in [4.78, 5) is 18.6. The molecule has 1 aliphatic rings. The highest BCUT2D eigenvalue weighted by Gasteiger charge is 2.38. The van der Waals surface area contributed by atoms with Crippen LogP contribution in [0.4, 0.5) is 0 Å². The Hall–Kier alpha value is -1.39. The number of aromatic amines is 1. The van der Waals surface area contributed by atoms with Gasteiger partial charge in [0.05, 0.1) is 6.54 Å². The third kappa shape index (κ3) is 3.14. The van der Waals surface area contributed by atoms with Crippen molar-refractivity contribution in [2.75, 3.05) is 7.05 Å². The molecule has 106 valence electrons. The highest BCUT2D eigenvalue weighted by Crippen LogP contribution is 2.41. The smallest absolute Gasteiger partial charge is 0.226 e. The molecule has 2 rings (SSSR count). The fourth-order valence-electron chi connectivity index (χ4n) is 2.97. The molecule has 1 saturated carbocycles. The topological polar surface area (TPSA) is 61.9 Å². The first-order valence-electron chi connectivity index (χ1n) is 7.03. The van der Waals surface area contributed by atoms with Crippen molar-refractivity contribution >= 4 is 5.91 Å². The minimum absolute atomic E-state index is 0.110. The lowest BCUT2D eigenvalue weighted by atomic mass is 9.68. The second-order valence-electron chi connectivity index (χ2n) is 6.32. The molecule has 1 aromatic rings. The number of carbonyl (C=O) groups is 1. The summed E-state index contributed by atoms with van der Waals surface area (Å²) in [6.07, 6.45) is 4.54. The average molecular weight is 264 g/mol. The number of aromatic nitrogens is 3. The van der Waals surface area contributed by atoms with E-state index in [2.05, 4.69) is 29.0 Å². The van der Waals surface area contributed by atoms with Crippen molar-refractivity contribution in [3.05, 3.63) is 11.6 Å². The van der Waals surface area contributed by atoms with E-state index in [0.717, 1.165) is 25.1 Å². The van der Waals surface area contributed by atoms with Gasteiger partial charge in [0, 0.05) is 13.0 Å². The zero-order valence-electron chi connectivity index (χ0n) is 12.4. The molecule has 0 aliphatic heterocycles. The molecular weight excluding hydrogens is 240 g/mol. The fraction of sp³-hybridized carbons (Fsp3) is 0.786. The number of amides is 1. The SMILES string of the molecule is Cc1nc(CN(C)C(=O)C2CCCCC2(C)C)n[nH]1. The molecule has 5 nitrogen and oxygen atoms in total. The van der Waals surface area contributed by atoms with Crippen LogP contribution in [0.1, 0.15) is 51.2 Å². The first kappa shape index (κ1) is 14.0. The molecule has 0 radical (unpaired) electrons. The Labute approximate surface area is 114 Å². The molecule has 1 aromatic heterocycles. The van der Waals surface area contributed by atoms with Crippen LogP contribution in [0.25, 0.3) is 0 Å². The Morgan fingerprint density at radius 3 is 2.79 bits per heavy atom. The van der Waals surface area contributed by atoms with Crippen molar-refractivity contribution < 1.29 is 4.79 Å². The second-order valence-corrected chi connectivity index (χ2v) is 6.32. The Balaban J connectivity index is 2.02. The van der Waals surface area contributed by atoms with Crippen LogP contribution in [0.3, 0.4) is 0 Å². The number of carbonyl (C=O) groups excluding carboxylic acids is 1. The van der Waals surface area contributed by atoms with Crippen LogP contribution in [-0.2, 0) is 11.3 Å². The van der Waals surface area contributed by atoms with E-state index in [9.17, 15) is 4.79 Å². The minimum atomic E-state index is 0.110. The summed E-state index contributed by atoms with van der Waals surface area (Å²) in [6.45, 7) is 6.76. The number of rotatable bonds is 3. The van der Waals surface area contributed by atoms with Crippen LogP contribution < -0.4 is 0 Å². The Bertz CT molecular complexity index is 452. The molecule has 1 N–H and O–H groups in total. The number of hydrogen-bond donors (Lipinski definition) is 1. The molecule has 0 saturated heterocycles. The molecule has 1 unspecified atom stereocenters. The summed E-state index contributed by atoms with van der Waals surface area (Å²) in [7, 11) is 1.85. The summed E-state index contributed by atoms with van der Waals surface area (Å²) in [5.41, 5.74) is 0.110. The molecule has 19 heavy (non-hydrogen) atoms. The average Bonchev–Trinajstić information content (AvgIpc) is 2.73. The molecule has 1 atom stereocenters. The zero-order chi connectivity index (χ0) is 14.0. The molecule has 1 fully saturated rings. The predicted molar refractivity (Wildman–Crippen MR) is 73.3 cm³/mol. The molecular formula is C14H24N4O. The van der Waals surface area contributed by atoms with E-state index in [4.69, 9.17) is 0 Å². The van der Waals surface area contributed by atoms with E-state index in [-0.39, 0.29) is 17.2 Å². The van der Waals surface area contributed by atoms with Crippen LogP contribution in [0.5, 0.6) is 0 Å². The minimum Gasteiger partial charge on any atom is -0.338 e. The molecule has 0 aromatic carbocycles. The van der Waals surface area contributed by atoms with Crippen molar-refractivity contribution in [3.8, 4) is 0 Å². The summed E-state index contributed by atoms with van der Waals surface area (Å²) < 4.78 is 0. The molecule has 0 bridgehead atoms. The monoisotopic (exact) mass is 264 g/mol. The van der Waals surface area contributed by atoms with Crippen LogP contribution in [-0.4, -0.2) is 33.0 Å². The van der Waals surface area contributed by atoms with E-state index >= 15 is 0 Å². The Morgan fingerprint density at radius 2 is 2.21 bits per heavy atom. The van der Waals surface area contributed by atoms with Gasteiger partial charge in [-0.3, -0.25) is 9.89 Å². The number of aryl methyl sites for hydroxylation is 1. The third-order valence-corrected chi connectivity index (χ3v) is 4.20. The molecule has 5 heteroatoms. The summed E-state index contributed by atoms with van der Waals surface area (Å²) in [5.74, 6) is 1.83. The number of H-pyrrole nitrogens is 1. The Kier molecular flexibility index (Phi) is 3.92. The van der Waals surface area contributed by atoms with Crippen molar-refractivity contribution in [3.63, 3.8) is 0 Å². The van der Waals surface area contributed by atoms with Gasteiger partial charge in [-0.25, -0.2) is 4.98 Å². The van der Waals surface area contributed by atoms with Gasteiger partial charge in [-0.1, -0.05) is 26.7 Å². The first-order valence-corrected chi connectivity index (χ1v) is 7.03. The van der Waals surface area contributed by atoms with Gasteiger partial charge in [-0.15, -0.1) is 0 Å². The highest BCUT2D eigenvalue weighted by molar-refractivity contribution is 5.79. The van der Waals surface area contributed by atoms with Crippen LogP contribution in [0.2, 0.25) is 0 Å². The summed E-state index contributed by atoms with van der Waals surface area (Å²) in [5, 5.41) is 6.90. The molecule has 0 spiro atoms. The van der Waals surface area contributed by atoms with Gasteiger partial charge < -0.3 is 4.90 Å². The van der Waals surface area contributed by atoms with Gasteiger partial charge in [-0.05, 0) is 25.2 Å². The lowest BCUT2D eigenvalue weighted by molar-refractivity contribution is -0.140. The first-order chi connectivity index (χ1) is 8.90.